The molecule has 0 saturated carbocycles. The Morgan fingerprint density at radius 3 is 2.53 bits per heavy atom. The lowest BCUT2D eigenvalue weighted by Crippen LogP contribution is -2.51. The highest BCUT2D eigenvalue weighted by Crippen LogP contribution is 2.37. The van der Waals surface area contributed by atoms with Gasteiger partial charge in [-0.2, -0.15) is 0 Å². The third kappa shape index (κ3) is 2.62. The number of ether oxygens (including phenoxy) is 1. The highest BCUT2D eigenvalue weighted by atomic mass is 35.5. The number of rotatable bonds is 3. The first-order valence-electron chi connectivity index (χ1n) is 5.49. The van der Waals surface area contributed by atoms with Crippen molar-refractivity contribution in [3.63, 3.8) is 0 Å². The maximum Gasteiger partial charge on any atom is 0.340 e. The minimum absolute atomic E-state index is 0.240. The summed E-state index contributed by atoms with van der Waals surface area (Å²) in [4.78, 5) is 24.2. The number of benzene rings is 1. The molecular weight excluding hydrogens is 293 g/mol. The molecule has 19 heavy (non-hydrogen) atoms. The molecule has 1 aromatic carbocycles. The maximum absolute atomic E-state index is 11.7. The van der Waals surface area contributed by atoms with Gasteiger partial charge in [0, 0.05) is 18.1 Å². The summed E-state index contributed by atoms with van der Waals surface area (Å²) in [6, 6.07) is 2.97. The third-order valence-corrected chi connectivity index (χ3v) is 3.49. The van der Waals surface area contributed by atoms with Gasteiger partial charge in [-0.3, -0.25) is 4.79 Å². The van der Waals surface area contributed by atoms with E-state index in [2.05, 4.69) is 4.74 Å². The summed E-state index contributed by atoms with van der Waals surface area (Å²) in [7, 11) is 1.26. The number of halogens is 2. The van der Waals surface area contributed by atoms with Gasteiger partial charge in [0.15, 0.2) is 0 Å². The van der Waals surface area contributed by atoms with Crippen LogP contribution in [-0.2, 0) is 9.53 Å². The van der Waals surface area contributed by atoms with Gasteiger partial charge in [-0.25, -0.2) is 4.79 Å². The van der Waals surface area contributed by atoms with Crippen molar-refractivity contribution in [2.24, 2.45) is 5.92 Å². The van der Waals surface area contributed by atoms with Crippen LogP contribution in [0.3, 0.4) is 0 Å². The molecule has 0 radical (unpaired) electrons. The van der Waals surface area contributed by atoms with E-state index in [1.807, 2.05) is 0 Å². The van der Waals surface area contributed by atoms with Crippen LogP contribution in [0.1, 0.15) is 10.4 Å². The number of aliphatic carboxylic acids is 1. The second-order valence-corrected chi connectivity index (χ2v) is 5.06. The van der Waals surface area contributed by atoms with E-state index in [0.717, 1.165) is 0 Å². The quantitative estimate of drug-likeness (QED) is 0.868. The number of hydrogen-bond donors (Lipinski definition) is 1. The molecular formula is C12H11Cl2NO4. The monoisotopic (exact) mass is 303 g/mol. The Kier molecular flexibility index (Phi) is 3.87. The van der Waals surface area contributed by atoms with E-state index < -0.39 is 17.9 Å². The Morgan fingerprint density at radius 1 is 1.37 bits per heavy atom. The van der Waals surface area contributed by atoms with Crippen LogP contribution in [0.5, 0.6) is 0 Å². The van der Waals surface area contributed by atoms with Crippen molar-refractivity contribution >= 4 is 40.8 Å². The maximum atomic E-state index is 11.7. The molecule has 1 aliphatic rings. The predicted molar refractivity (Wildman–Crippen MR) is 71.1 cm³/mol. The summed E-state index contributed by atoms with van der Waals surface area (Å²) >= 11 is 12.0. The standard InChI is InChI=1S/C12H11Cl2NO4/c1-19-12(18)8-2-7(13)3-9(14)10(8)15-4-6(5-15)11(16)17/h2-3,6H,4-5H2,1H3,(H,16,17). The van der Waals surface area contributed by atoms with Crippen molar-refractivity contribution in [2.45, 2.75) is 0 Å². The van der Waals surface area contributed by atoms with Crippen LogP contribution < -0.4 is 4.90 Å². The normalized spacial score (nSPS) is 15.0. The smallest absolute Gasteiger partial charge is 0.340 e. The molecule has 5 nitrogen and oxygen atoms in total. The number of carbonyl (C=O) groups is 2. The minimum atomic E-state index is -0.860. The Morgan fingerprint density at radius 2 is 2.00 bits per heavy atom. The van der Waals surface area contributed by atoms with Gasteiger partial charge in [0.05, 0.1) is 29.3 Å². The molecule has 2 rings (SSSR count). The molecule has 0 aromatic heterocycles. The minimum Gasteiger partial charge on any atom is -0.481 e. The van der Waals surface area contributed by atoms with Crippen LogP contribution in [0, 0.1) is 5.92 Å². The molecule has 7 heteroatoms. The molecule has 0 unspecified atom stereocenters. The number of carbonyl (C=O) groups excluding carboxylic acids is 1. The molecule has 1 fully saturated rings. The summed E-state index contributed by atoms with van der Waals surface area (Å²) in [5, 5.41) is 9.49. The Labute approximate surface area is 119 Å². The van der Waals surface area contributed by atoms with E-state index in [9.17, 15) is 9.59 Å². The SMILES string of the molecule is COC(=O)c1cc(Cl)cc(Cl)c1N1CC(C(=O)O)C1. The van der Waals surface area contributed by atoms with Crippen LogP contribution in [0.2, 0.25) is 10.0 Å². The molecule has 1 saturated heterocycles. The first-order valence-corrected chi connectivity index (χ1v) is 6.24. The molecule has 1 aliphatic heterocycles. The number of nitrogens with zero attached hydrogens (tertiary/aromatic N) is 1. The van der Waals surface area contributed by atoms with Gasteiger partial charge in [0.25, 0.3) is 0 Å². The summed E-state index contributed by atoms with van der Waals surface area (Å²) in [5.74, 6) is -1.86. The van der Waals surface area contributed by atoms with Crippen molar-refractivity contribution < 1.29 is 19.4 Å². The highest BCUT2D eigenvalue weighted by Gasteiger charge is 2.35. The van der Waals surface area contributed by atoms with E-state index in [0.29, 0.717) is 28.8 Å². The molecule has 102 valence electrons. The molecule has 0 aliphatic carbocycles. The summed E-state index contributed by atoms with van der Waals surface area (Å²) in [6.45, 7) is 0.612. The van der Waals surface area contributed by atoms with E-state index in [4.69, 9.17) is 28.3 Å². The fraction of sp³-hybridized carbons (Fsp3) is 0.333. The fourth-order valence-electron chi connectivity index (χ4n) is 1.97. The van der Waals surface area contributed by atoms with Crippen LogP contribution in [0.25, 0.3) is 0 Å². The zero-order valence-corrected chi connectivity index (χ0v) is 11.5. The molecule has 1 aromatic rings. The largest absolute Gasteiger partial charge is 0.481 e. The van der Waals surface area contributed by atoms with Crippen molar-refractivity contribution in [1.29, 1.82) is 0 Å². The van der Waals surface area contributed by atoms with E-state index in [1.165, 1.54) is 19.2 Å². The van der Waals surface area contributed by atoms with Gasteiger partial charge >= 0.3 is 11.9 Å². The lowest BCUT2D eigenvalue weighted by atomic mass is 9.98. The Bertz CT molecular complexity index is 541. The molecule has 0 atom stereocenters. The number of anilines is 1. The lowest BCUT2D eigenvalue weighted by Gasteiger charge is -2.39. The second-order valence-electron chi connectivity index (χ2n) is 4.22. The van der Waals surface area contributed by atoms with E-state index >= 15 is 0 Å². The molecule has 0 amide bonds. The third-order valence-electron chi connectivity index (χ3n) is 2.98. The van der Waals surface area contributed by atoms with Crippen LogP contribution in [0.4, 0.5) is 5.69 Å². The zero-order chi connectivity index (χ0) is 14.2. The van der Waals surface area contributed by atoms with Crippen molar-refractivity contribution in [3.8, 4) is 0 Å². The molecule has 0 spiro atoms. The number of carboxylic acid groups (broad SMARTS) is 1. The van der Waals surface area contributed by atoms with Crippen molar-refractivity contribution in [2.75, 3.05) is 25.1 Å². The lowest BCUT2D eigenvalue weighted by molar-refractivity contribution is -0.142. The number of methoxy groups -OCH3 is 1. The van der Waals surface area contributed by atoms with Gasteiger partial charge in [0.2, 0.25) is 0 Å². The van der Waals surface area contributed by atoms with Crippen LogP contribution in [-0.4, -0.2) is 37.2 Å². The van der Waals surface area contributed by atoms with E-state index in [-0.39, 0.29) is 5.56 Å². The molecule has 1 heterocycles. The molecule has 0 bridgehead atoms. The number of hydrogen-bond acceptors (Lipinski definition) is 4. The zero-order valence-electron chi connectivity index (χ0n) is 10.0. The summed E-state index contributed by atoms with van der Waals surface area (Å²) in [5.41, 5.74) is 0.708. The first-order chi connectivity index (χ1) is 8.93. The summed E-state index contributed by atoms with van der Waals surface area (Å²) < 4.78 is 4.68. The Hall–Kier alpha value is -1.46. The average Bonchev–Trinajstić information content (AvgIpc) is 2.27. The number of esters is 1. The highest BCUT2D eigenvalue weighted by molar-refractivity contribution is 6.37. The average molecular weight is 304 g/mol. The first kappa shape index (κ1) is 14.0. The number of carboxylic acids is 1. The van der Waals surface area contributed by atoms with Gasteiger partial charge in [0.1, 0.15) is 0 Å². The van der Waals surface area contributed by atoms with Crippen molar-refractivity contribution in [3.05, 3.63) is 27.7 Å². The van der Waals surface area contributed by atoms with Gasteiger partial charge in [-0.05, 0) is 12.1 Å². The Balaban J connectivity index is 2.35. The fourth-order valence-corrected chi connectivity index (χ4v) is 2.58. The van der Waals surface area contributed by atoms with Gasteiger partial charge in [-0.1, -0.05) is 23.2 Å². The van der Waals surface area contributed by atoms with Gasteiger partial charge < -0.3 is 14.7 Å². The van der Waals surface area contributed by atoms with E-state index in [1.54, 1.807) is 4.90 Å². The summed E-state index contributed by atoms with van der Waals surface area (Å²) in [6.07, 6.45) is 0. The topological polar surface area (TPSA) is 66.8 Å². The predicted octanol–water partition coefficient (Wildman–Crippen LogP) is 2.30. The van der Waals surface area contributed by atoms with Gasteiger partial charge in [-0.15, -0.1) is 0 Å². The van der Waals surface area contributed by atoms with Crippen LogP contribution >= 0.6 is 23.2 Å². The molecule has 1 N–H and O–H groups in total. The van der Waals surface area contributed by atoms with Crippen molar-refractivity contribution in [1.82, 2.24) is 0 Å². The second kappa shape index (κ2) is 5.27. The van der Waals surface area contributed by atoms with Crippen LogP contribution in [0.15, 0.2) is 12.1 Å².